The standard InChI is InChI=1S/C22H21ClN2O4S/c1-15-5-4-6-16(11-15)14-29-20-10-9-18(13-21(20)30(24,27)28)25-22(26)12-17-7-2-3-8-19(17)23/h2-11,13H,12,14H2,1H3,(H,25,26)(H2,24,27,28). The molecule has 6 nitrogen and oxygen atoms in total. The van der Waals surface area contributed by atoms with Crippen LogP contribution in [-0.4, -0.2) is 14.3 Å². The number of primary sulfonamides is 1. The summed E-state index contributed by atoms with van der Waals surface area (Å²) in [6.07, 6.45) is 0.0516. The Morgan fingerprint density at radius 2 is 1.83 bits per heavy atom. The fourth-order valence-corrected chi connectivity index (χ4v) is 3.81. The minimum Gasteiger partial charge on any atom is -0.487 e. The smallest absolute Gasteiger partial charge is 0.241 e. The maximum Gasteiger partial charge on any atom is 0.241 e. The number of aryl methyl sites for hydroxylation is 1. The molecule has 0 aromatic heterocycles. The SMILES string of the molecule is Cc1cccc(COc2ccc(NC(=O)Cc3ccccc3Cl)cc2S(N)(=O)=O)c1. The Morgan fingerprint density at radius 3 is 2.53 bits per heavy atom. The van der Waals surface area contributed by atoms with Crippen LogP contribution in [-0.2, 0) is 27.8 Å². The van der Waals surface area contributed by atoms with Crippen LogP contribution in [0.2, 0.25) is 5.02 Å². The van der Waals surface area contributed by atoms with Gasteiger partial charge >= 0.3 is 0 Å². The van der Waals surface area contributed by atoms with Crippen molar-refractivity contribution in [3.05, 3.63) is 88.4 Å². The Morgan fingerprint density at radius 1 is 1.07 bits per heavy atom. The van der Waals surface area contributed by atoms with Gasteiger partial charge in [0.25, 0.3) is 0 Å². The van der Waals surface area contributed by atoms with Gasteiger partial charge in [-0.2, -0.15) is 0 Å². The molecule has 0 unspecified atom stereocenters. The maximum atomic E-state index is 12.3. The fraction of sp³-hybridized carbons (Fsp3) is 0.136. The number of benzene rings is 3. The zero-order valence-electron chi connectivity index (χ0n) is 16.3. The predicted molar refractivity (Wildman–Crippen MR) is 117 cm³/mol. The number of rotatable bonds is 7. The van der Waals surface area contributed by atoms with Crippen LogP contribution in [0.15, 0.2) is 71.6 Å². The average Bonchev–Trinajstić information content (AvgIpc) is 2.68. The second kappa shape index (κ2) is 9.30. The molecule has 0 fully saturated rings. The number of nitrogens with one attached hydrogen (secondary N) is 1. The van der Waals surface area contributed by atoms with Gasteiger partial charge in [0.2, 0.25) is 15.9 Å². The van der Waals surface area contributed by atoms with Crippen molar-refractivity contribution in [1.82, 2.24) is 0 Å². The molecule has 1 amide bonds. The van der Waals surface area contributed by atoms with Gasteiger partial charge in [0, 0.05) is 10.7 Å². The zero-order chi connectivity index (χ0) is 21.7. The minimum absolute atomic E-state index is 0.0516. The molecule has 3 N–H and O–H groups in total. The molecule has 3 rings (SSSR count). The van der Waals surface area contributed by atoms with Crippen LogP contribution < -0.4 is 15.2 Å². The molecule has 0 radical (unpaired) electrons. The van der Waals surface area contributed by atoms with Gasteiger partial charge in [-0.1, -0.05) is 59.6 Å². The van der Waals surface area contributed by atoms with E-state index < -0.39 is 10.0 Å². The van der Waals surface area contributed by atoms with Gasteiger partial charge in [-0.05, 0) is 42.3 Å². The number of hydrogen-bond donors (Lipinski definition) is 2. The van der Waals surface area contributed by atoms with Crippen molar-refractivity contribution in [2.75, 3.05) is 5.32 Å². The van der Waals surface area contributed by atoms with Crippen LogP contribution in [0.1, 0.15) is 16.7 Å². The van der Waals surface area contributed by atoms with Crippen LogP contribution in [0.3, 0.4) is 0 Å². The van der Waals surface area contributed by atoms with Gasteiger partial charge in [-0.15, -0.1) is 0 Å². The van der Waals surface area contributed by atoms with Crippen LogP contribution >= 0.6 is 11.6 Å². The van der Waals surface area contributed by atoms with E-state index in [4.69, 9.17) is 21.5 Å². The van der Waals surface area contributed by atoms with E-state index in [0.29, 0.717) is 16.3 Å². The lowest BCUT2D eigenvalue weighted by atomic mass is 10.1. The number of sulfonamides is 1. The zero-order valence-corrected chi connectivity index (χ0v) is 17.8. The Bertz CT molecular complexity index is 1180. The van der Waals surface area contributed by atoms with Gasteiger partial charge in [-0.3, -0.25) is 4.79 Å². The van der Waals surface area contributed by atoms with Crippen molar-refractivity contribution in [1.29, 1.82) is 0 Å². The summed E-state index contributed by atoms with van der Waals surface area (Å²) >= 11 is 6.08. The summed E-state index contributed by atoms with van der Waals surface area (Å²) in [5.41, 5.74) is 2.92. The summed E-state index contributed by atoms with van der Waals surface area (Å²) in [5, 5.41) is 8.51. The second-order valence-corrected chi connectivity index (χ2v) is 8.74. The molecular formula is C22H21ClN2O4S. The Labute approximate surface area is 180 Å². The lowest BCUT2D eigenvalue weighted by molar-refractivity contribution is -0.115. The number of amides is 1. The van der Waals surface area contributed by atoms with Crippen molar-refractivity contribution in [3.8, 4) is 5.75 Å². The number of carbonyl (C=O) groups excluding carboxylic acids is 1. The molecule has 0 spiro atoms. The first kappa shape index (κ1) is 21.8. The molecule has 0 saturated carbocycles. The Balaban J connectivity index is 1.77. The number of nitrogens with two attached hydrogens (primary N) is 1. The van der Waals surface area contributed by atoms with Gasteiger partial charge in [0.1, 0.15) is 17.3 Å². The Kier molecular flexibility index (Phi) is 6.77. The third-order valence-electron chi connectivity index (χ3n) is 4.32. The highest BCUT2D eigenvalue weighted by atomic mass is 35.5. The summed E-state index contributed by atoms with van der Waals surface area (Å²) in [4.78, 5) is 12.1. The molecule has 3 aromatic carbocycles. The van der Waals surface area contributed by atoms with E-state index in [1.165, 1.54) is 12.1 Å². The van der Waals surface area contributed by atoms with E-state index >= 15 is 0 Å². The molecule has 0 bridgehead atoms. The van der Waals surface area contributed by atoms with Gasteiger partial charge in [0.05, 0.1) is 6.42 Å². The number of hydrogen-bond acceptors (Lipinski definition) is 4. The highest BCUT2D eigenvalue weighted by Gasteiger charge is 2.17. The summed E-state index contributed by atoms with van der Waals surface area (Å²) in [5.74, 6) is -0.222. The van der Waals surface area contributed by atoms with E-state index in [2.05, 4.69) is 5.32 Å². The number of anilines is 1. The van der Waals surface area contributed by atoms with Gasteiger partial charge < -0.3 is 10.1 Å². The third-order valence-corrected chi connectivity index (χ3v) is 5.62. The molecule has 0 atom stereocenters. The number of ether oxygens (including phenoxy) is 1. The molecule has 30 heavy (non-hydrogen) atoms. The quantitative estimate of drug-likeness (QED) is 0.574. The van der Waals surface area contributed by atoms with Crippen molar-refractivity contribution >= 4 is 33.2 Å². The summed E-state index contributed by atoms with van der Waals surface area (Å²) < 4.78 is 29.8. The molecule has 3 aromatic rings. The monoisotopic (exact) mass is 444 g/mol. The largest absolute Gasteiger partial charge is 0.487 e. The van der Waals surface area contributed by atoms with E-state index in [1.54, 1.807) is 30.3 Å². The van der Waals surface area contributed by atoms with E-state index in [1.807, 2.05) is 31.2 Å². The lowest BCUT2D eigenvalue weighted by Gasteiger charge is -2.13. The highest BCUT2D eigenvalue weighted by molar-refractivity contribution is 7.89. The van der Waals surface area contributed by atoms with Crippen molar-refractivity contribution in [2.24, 2.45) is 5.14 Å². The van der Waals surface area contributed by atoms with Gasteiger partial charge in [-0.25, -0.2) is 13.6 Å². The first-order valence-electron chi connectivity index (χ1n) is 9.11. The van der Waals surface area contributed by atoms with Crippen molar-refractivity contribution in [3.63, 3.8) is 0 Å². The summed E-state index contributed by atoms with van der Waals surface area (Å²) in [6.45, 7) is 2.14. The normalized spacial score (nSPS) is 11.2. The molecular weight excluding hydrogens is 424 g/mol. The maximum absolute atomic E-state index is 12.3. The minimum atomic E-state index is -4.07. The molecule has 156 valence electrons. The second-order valence-electron chi connectivity index (χ2n) is 6.80. The van der Waals surface area contributed by atoms with Crippen molar-refractivity contribution in [2.45, 2.75) is 24.8 Å². The first-order chi connectivity index (χ1) is 14.2. The highest BCUT2D eigenvalue weighted by Crippen LogP contribution is 2.27. The molecule has 0 aliphatic rings. The van der Waals surface area contributed by atoms with E-state index in [9.17, 15) is 13.2 Å². The number of carbonyl (C=O) groups is 1. The summed E-state index contributed by atoms with van der Waals surface area (Å²) in [6, 6.07) is 19.0. The van der Waals surface area contributed by atoms with Crippen LogP contribution in [0.25, 0.3) is 0 Å². The topological polar surface area (TPSA) is 98.5 Å². The van der Waals surface area contributed by atoms with Gasteiger partial charge in [0.15, 0.2) is 0 Å². The summed E-state index contributed by atoms with van der Waals surface area (Å²) in [7, 11) is -4.07. The molecule has 0 saturated heterocycles. The van der Waals surface area contributed by atoms with Crippen LogP contribution in [0.4, 0.5) is 5.69 Å². The van der Waals surface area contributed by atoms with Crippen molar-refractivity contribution < 1.29 is 17.9 Å². The molecule has 8 heteroatoms. The average molecular weight is 445 g/mol. The van der Waals surface area contributed by atoms with Crippen LogP contribution in [0, 0.1) is 6.92 Å². The third kappa shape index (κ3) is 5.82. The first-order valence-corrected chi connectivity index (χ1v) is 11.0. The predicted octanol–water partition coefficient (Wildman–Crippen LogP) is 4.06. The van der Waals surface area contributed by atoms with Crippen LogP contribution in [0.5, 0.6) is 5.75 Å². The molecule has 0 heterocycles. The van der Waals surface area contributed by atoms with E-state index in [0.717, 1.165) is 11.1 Å². The van der Waals surface area contributed by atoms with E-state index in [-0.39, 0.29) is 29.6 Å². The molecule has 0 aliphatic heterocycles. The lowest BCUT2D eigenvalue weighted by Crippen LogP contribution is -2.17. The Hall–Kier alpha value is -2.87. The fourth-order valence-electron chi connectivity index (χ4n) is 2.91. The molecule has 0 aliphatic carbocycles. The number of halogens is 1.